The van der Waals surface area contributed by atoms with Crippen LogP contribution in [0.15, 0.2) is 18.2 Å². The third kappa shape index (κ3) is 4.08. The molecule has 0 saturated carbocycles. The van der Waals surface area contributed by atoms with Crippen LogP contribution in [-0.2, 0) is 0 Å². The Morgan fingerprint density at radius 1 is 1.17 bits per heavy atom. The summed E-state index contributed by atoms with van der Waals surface area (Å²) in [6, 6.07) is 4.66. The van der Waals surface area contributed by atoms with E-state index in [0.717, 1.165) is 5.56 Å². The van der Waals surface area contributed by atoms with E-state index < -0.39 is 0 Å². The predicted octanol–water partition coefficient (Wildman–Crippen LogP) is 1.86. The number of aliphatic hydroxyl groups excluding tert-OH is 1. The van der Waals surface area contributed by atoms with E-state index in [2.05, 4.69) is 5.32 Å². The average Bonchev–Trinajstić information content (AvgIpc) is 2.29. The number of hydrogen-bond donors (Lipinski definition) is 4. The lowest BCUT2D eigenvalue weighted by Gasteiger charge is -2.25. The van der Waals surface area contributed by atoms with Crippen LogP contribution in [0.1, 0.15) is 25.5 Å². The van der Waals surface area contributed by atoms with Crippen molar-refractivity contribution in [3.63, 3.8) is 0 Å². The maximum atomic E-state index is 9.45. The summed E-state index contributed by atoms with van der Waals surface area (Å²) in [6.07, 6.45) is 1.96. The van der Waals surface area contributed by atoms with Crippen LogP contribution in [0.3, 0.4) is 0 Å². The summed E-state index contributed by atoms with van der Waals surface area (Å²) in [6.45, 7) is 4.09. The summed E-state index contributed by atoms with van der Waals surface area (Å²) in [5.41, 5.74) is 0.817. The molecule has 0 aliphatic rings. The zero-order valence-electron chi connectivity index (χ0n) is 10.9. The van der Waals surface area contributed by atoms with Gasteiger partial charge in [-0.1, -0.05) is 0 Å². The highest BCUT2D eigenvalue weighted by atomic mass is 32.2. The number of aliphatic hydroxyl groups is 1. The van der Waals surface area contributed by atoms with Gasteiger partial charge in [0.15, 0.2) is 0 Å². The Bertz CT molecular complexity index is 362. The summed E-state index contributed by atoms with van der Waals surface area (Å²) >= 11 is 1.61. The number of thioether (sulfide) groups is 1. The second kappa shape index (κ2) is 6.87. The number of rotatable bonds is 6. The molecule has 0 amide bonds. The molecule has 5 heteroatoms. The maximum Gasteiger partial charge on any atom is 0.119 e. The fourth-order valence-electron chi connectivity index (χ4n) is 1.90. The van der Waals surface area contributed by atoms with Gasteiger partial charge in [-0.25, -0.2) is 0 Å². The smallest absolute Gasteiger partial charge is 0.119 e. The molecule has 1 aromatic rings. The minimum absolute atomic E-state index is 0.0146. The van der Waals surface area contributed by atoms with Crippen LogP contribution in [0.25, 0.3) is 0 Å². The summed E-state index contributed by atoms with van der Waals surface area (Å²) in [4.78, 5) is 0. The second-order valence-electron chi connectivity index (χ2n) is 4.42. The van der Waals surface area contributed by atoms with Gasteiger partial charge in [-0.3, -0.25) is 0 Å². The van der Waals surface area contributed by atoms with E-state index in [1.54, 1.807) is 23.9 Å². The summed E-state index contributed by atoms with van der Waals surface area (Å²) in [5.74, 6) is 0.102. The molecule has 0 heterocycles. The van der Waals surface area contributed by atoms with Crippen LogP contribution in [0.2, 0.25) is 0 Å². The second-order valence-corrected chi connectivity index (χ2v) is 5.49. The van der Waals surface area contributed by atoms with E-state index in [4.69, 9.17) is 0 Å². The van der Waals surface area contributed by atoms with Crippen LogP contribution in [0.5, 0.6) is 11.5 Å². The van der Waals surface area contributed by atoms with Crippen molar-refractivity contribution in [2.24, 2.45) is 0 Å². The van der Waals surface area contributed by atoms with E-state index in [9.17, 15) is 15.3 Å². The van der Waals surface area contributed by atoms with Gasteiger partial charge in [-0.15, -0.1) is 0 Å². The van der Waals surface area contributed by atoms with Gasteiger partial charge in [0.1, 0.15) is 11.5 Å². The standard InChI is InChI=1S/C13H21NO3S/c1-8(14-9(2)13(7-15)18-3)10-4-11(16)6-12(17)5-10/h4-6,8-9,13-17H,7H2,1-3H3. The van der Waals surface area contributed by atoms with Crippen molar-refractivity contribution in [2.75, 3.05) is 12.9 Å². The molecule has 0 spiro atoms. The summed E-state index contributed by atoms with van der Waals surface area (Å²) < 4.78 is 0. The molecule has 102 valence electrons. The highest BCUT2D eigenvalue weighted by Gasteiger charge is 2.18. The van der Waals surface area contributed by atoms with Crippen LogP contribution >= 0.6 is 11.8 Å². The normalized spacial score (nSPS) is 16.2. The molecule has 3 atom stereocenters. The molecule has 4 N–H and O–H groups in total. The molecule has 0 saturated heterocycles. The largest absolute Gasteiger partial charge is 0.508 e. The Morgan fingerprint density at radius 3 is 2.17 bits per heavy atom. The number of phenolic OH excluding ortho intramolecular Hbond substituents is 2. The fraction of sp³-hybridized carbons (Fsp3) is 0.538. The van der Waals surface area contributed by atoms with Crippen LogP contribution in [0, 0.1) is 0 Å². The number of aromatic hydroxyl groups is 2. The first-order valence-electron chi connectivity index (χ1n) is 5.90. The number of hydrogen-bond acceptors (Lipinski definition) is 5. The van der Waals surface area contributed by atoms with Gasteiger partial charge < -0.3 is 20.6 Å². The monoisotopic (exact) mass is 271 g/mol. The van der Waals surface area contributed by atoms with E-state index in [1.807, 2.05) is 20.1 Å². The van der Waals surface area contributed by atoms with Crippen molar-refractivity contribution in [1.82, 2.24) is 5.32 Å². The first kappa shape index (κ1) is 15.1. The van der Waals surface area contributed by atoms with Gasteiger partial charge in [0, 0.05) is 23.4 Å². The molecule has 0 aromatic heterocycles. The highest BCUT2D eigenvalue weighted by Crippen LogP contribution is 2.25. The van der Waals surface area contributed by atoms with E-state index in [0.29, 0.717) is 0 Å². The van der Waals surface area contributed by atoms with Crippen molar-refractivity contribution < 1.29 is 15.3 Å². The highest BCUT2D eigenvalue weighted by molar-refractivity contribution is 7.99. The maximum absolute atomic E-state index is 9.45. The van der Waals surface area contributed by atoms with Crippen LogP contribution in [-0.4, -0.2) is 39.5 Å². The van der Waals surface area contributed by atoms with E-state index >= 15 is 0 Å². The SMILES string of the molecule is CSC(CO)C(C)NC(C)c1cc(O)cc(O)c1. The summed E-state index contributed by atoms with van der Waals surface area (Å²) in [5, 5.41) is 31.6. The molecule has 18 heavy (non-hydrogen) atoms. The third-order valence-electron chi connectivity index (χ3n) is 2.98. The quantitative estimate of drug-likeness (QED) is 0.635. The van der Waals surface area contributed by atoms with Crippen LogP contribution in [0.4, 0.5) is 0 Å². The molecule has 0 aliphatic heterocycles. The molecule has 0 aliphatic carbocycles. The van der Waals surface area contributed by atoms with Gasteiger partial charge in [0.25, 0.3) is 0 Å². The fourth-order valence-corrected chi connectivity index (χ4v) is 2.54. The first-order chi connectivity index (χ1) is 8.47. The minimum atomic E-state index is -0.0146. The van der Waals surface area contributed by atoms with Gasteiger partial charge in [0.2, 0.25) is 0 Å². The zero-order chi connectivity index (χ0) is 13.7. The lowest BCUT2D eigenvalue weighted by Crippen LogP contribution is -2.38. The van der Waals surface area contributed by atoms with Gasteiger partial charge in [-0.05, 0) is 37.8 Å². The molecule has 0 radical (unpaired) electrons. The Labute approximate surface area is 112 Å². The van der Waals surface area contributed by atoms with Crippen LogP contribution < -0.4 is 5.32 Å². The molecule has 1 aromatic carbocycles. The van der Waals surface area contributed by atoms with E-state index in [1.165, 1.54) is 6.07 Å². The third-order valence-corrected chi connectivity index (χ3v) is 4.14. The van der Waals surface area contributed by atoms with Crippen molar-refractivity contribution in [3.8, 4) is 11.5 Å². The van der Waals surface area contributed by atoms with Crippen molar-refractivity contribution in [2.45, 2.75) is 31.2 Å². The zero-order valence-corrected chi connectivity index (χ0v) is 11.7. The summed E-state index contributed by atoms with van der Waals surface area (Å²) in [7, 11) is 0. The van der Waals surface area contributed by atoms with Gasteiger partial charge in [-0.2, -0.15) is 11.8 Å². The first-order valence-corrected chi connectivity index (χ1v) is 7.19. The minimum Gasteiger partial charge on any atom is -0.508 e. The lowest BCUT2D eigenvalue weighted by atomic mass is 10.1. The Kier molecular flexibility index (Phi) is 5.78. The Hall–Kier alpha value is -0.910. The Balaban J connectivity index is 2.72. The average molecular weight is 271 g/mol. The Morgan fingerprint density at radius 2 is 1.72 bits per heavy atom. The lowest BCUT2D eigenvalue weighted by molar-refractivity contribution is 0.271. The molecular weight excluding hydrogens is 250 g/mol. The topological polar surface area (TPSA) is 72.7 Å². The number of phenols is 2. The predicted molar refractivity (Wildman–Crippen MR) is 75.2 cm³/mol. The number of nitrogens with one attached hydrogen (secondary N) is 1. The van der Waals surface area contributed by atoms with Crippen molar-refractivity contribution in [1.29, 1.82) is 0 Å². The van der Waals surface area contributed by atoms with Gasteiger partial charge >= 0.3 is 0 Å². The van der Waals surface area contributed by atoms with E-state index in [-0.39, 0.29) is 35.4 Å². The molecule has 3 unspecified atom stereocenters. The molecule has 4 nitrogen and oxygen atoms in total. The van der Waals surface area contributed by atoms with Gasteiger partial charge in [0.05, 0.1) is 6.61 Å². The molecule has 1 rings (SSSR count). The molecule has 0 fully saturated rings. The van der Waals surface area contributed by atoms with Crippen molar-refractivity contribution >= 4 is 11.8 Å². The van der Waals surface area contributed by atoms with Crippen molar-refractivity contribution in [3.05, 3.63) is 23.8 Å². The molecule has 0 bridgehead atoms. The number of benzene rings is 1. The molecular formula is C13H21NO3S.